The van der Waals surface area contributed by atoms with E-state index in [0.717, 1.165) is 44.0 Å². The number of hydrogen-bond donors (Lipinski definition) is 1. The highest BCUT2D eigenvalue weighted by atomic mass is 32.1. The van der Waals surface area contributed by atoms with Gasteiger partial charge in [-0.2, -0.15) is 22.5 Å². The van der Waals surface area contributed by atoms with Crippen LogP contribution in [0.5, 0.6) is 0 Å². The number of piperidine rings is 1. The molecule has 21 heavy (non-hydrogen) atoms. The average Bonchev–Trinajstić information content (AvgIpc) is 2.94. The van der Waals surface area contributed by atoms with E-state index >= 15 is 0 Å². The van der Waals surface area contributed by atoms with Crippen LogP contribution in [-0.4, -0.2) is 49.3 Å². The van der Waals surface area contributed by atoms with Gasteiger partial charge < -0.3 is 15.0 Å². The predicted octanol–water partition coefficient (Wildman–Crippen LogP) is 2.01. The Morgan fingerprint density at radius 1 is 1.48 bits per heavy atom. The van der Waals surface area contributed by atoms with E-state index in [-0.39, 0.29) is 0 Å². The number of hydrogen-bond acceptors (Lipinski definition) is 6. The van der Waals surface area contributed by atoms with Gasteiger partial charge in [-0.25, -0.2) is 0 Å². The Morgan fingerprint density at radius 3 is 2.95 bits per heavy atom. The van der Waals surface area contributed by atoms with Gasteiger partial charge in [0.2, 0.25) is 11.0 Å². The fourth-order valence-corrected chi connectivity index (χ4v) is 3.07. The van der Waals surface area contributed by atoms with Gasteiger partial charge in [0.15, 0.2) is 0 Å². The molecule has 1 atom stereocenters. The molecule has 2 rings (SSSR count). The molecule has 0 saturated carbocycles. The highest BCUT2D eigenvalue weighted by molar-refractivity contribution is 7.09. The Labute approximate surface area is 125 Å². The summed E-state index contributed by atoms with van der Waals surface area (Å²) >= 11 is 0.821. The number of anilines is 1. The monoisotopic (exact) mass is 324 g/mol. The Kier molecular flexibility index (Phi) is 5.77. The number of ether oxygens (including phenoxy) is 1. The minimum Gasteiger partial charge on any atom is -0.383 e. The molecule has 1 unspecified atom stereocenters. The maximum atomic E-state index is 12.5. The van der Waals surface area contributed by atoms with Gasteiger partial charge in [-0.05, 0) is 25.3 Å². The molecule has 1 saturated heterocycles. The van der Waals surface area contributed by atoms with Crippen molar-refractivity contribution in [3.05, 3.63) is 5.82 Å². The summed E-state index contributed by atoms with van der Waals surface area (Å²) in [5.41, 5.74) is 0. The molecule has 1 aliphatic rings. The summed E-state index contributed by atoms with van der Waals surface area (Å²) in [5.74, 6) is -0.628. The number of methoxy groups -OCH3 is 1. The molecule has 1 N–H and O–H groups in total. The molecule has 1 aromatic rings. The van der Waals surface area contributed by atoms with Crippen molar-refractivity contribution in [3.8, 4) is 0 Å². The van der Waals surface area contributed by atoms with Gasteiger partial charge in [-0.3, -0.25) is 0 Å². The quantitative estimate of drug-likeness (QED) is 0.811. The number of alkyl halides is 3. The third-order valence-electron chi connectivity index (χ3n) is 3.37. The van der Waals surface area contributed by atoms with Crippen LogP contribution >= 0.6 is 11.5 Å². The summed E-state index contributed by atoms with van der Waals surface area (Å²) in [5, 5.41) is 3.66. The van der Waals surface area contributed by atoms with Gasteiger partial charge in [-0.15, -0.1) is 0 Å². The first-order chi connectivity index (χ1) is 10.0. The average molecular weight is 324 g/mol. The summed E-state index contributed by atoms with van der Waals surface area (Å²) in [6.45, 7) is 3.73. The van der Waals surface area contributed by atoms with Crippen molar-refractivity contribution in [2.24, 2.45) is 5.92 Å². The zero-order chi connectivity index (χ0) is 15.3. The predicted molar refractivity (Wildman–Crippen MR) is 74.6 cm³/mol. The fraction of sp³-hybridized carbons (Fsp3) is 0.833. The Balaban J connectivity index is 1.87. The van der Waals surface area contributed by atoms with Crippen LogP contribution in [0.25, 0.3) is 0 Å². The van der Waals surface area contributed by atoms with E-state index in [2.05, 4.69) is 14.7 Å². The molecular weight excluding hydrogens is 305 g/mol. The van der Waals surface area contributed by atoms with Crippen LogP contribution in [-0.2, 0) is 10.9 Å². The third-order valence-corrected chi connectivity index (χ3v) is 4.15. The second kappa shape index (κ2) is 7.37. The molecule has 2 heterocycles. The minimum absolute atomic E-state index is 0.365. The molecule has 5 nitrogen and oxygen atoms in total. The van der Waals surface area contributed by atoms with Gasteiger partial charge >= 0.3 is 6.18 Å². The lowest BCUT2D eigenvalue weighted by Crippen LogP contribution is -2.40. The molecule has 9 heteroatoms. The first-order valence-electron chi connectivity index (χ1n) is 6.86. The second-order valence-electron chi connectivity index (χ2n) is 5.05. The van der Waals surface area contributed by atoms with Crippen LogP contribution in [0.15, 0.2) is 0 Å². The lowest BCUT2D eigenvalue weighted by Gasteiger charge is -2.32. The van der Waals surface area contributed by atoms with Crippen LogP contribution in [0.2, 0.25) is 0 Å². The van der Waals surface area contributed by atoms with E-state index in [9.17, 15) is 13.2 Å². The molecule has 120 valence electrons. The van der Waals surface area contributed by atoms with Crippen molar-refractivity contribution in [2.75, 3.05) is 44.8 Å². The summed E-state index contributed by atoms with van der Waals surface area (Å²) in [6, 6.07) is 0. The van der Waals surface area contributed by atoms with E-state index in [1.54, 1.807) is 7.11 Å². The number of halogens is 3. The Bertz CT molecular complexity index is 440. The van der Waals surface area contributed by atoms with E-state index in [4.69, 9.17) is 4.74 Å². The molecule has 1 aromatic heterocycles. The smallest absolute Gasteiger partial charge is 0.383 e. The lowest BCUT2D eigenvalue weighted by atomic mass is 9.98. The largest absolute Gasteiger partial charge is 0.452 e. The normalized spacial score (nSPS) is 20.0. The molecule has 0 spiro atoms. The number of aromatic nitrogens is 2. The summed E-state index contributed by atoms with van der Waals surface area (Å²) < 4.78 is 45.9. The van der Waals surface area contributed by atoms with Gasteiger partial charge in [-0.1, -0.05) is 0 Å². The van der Waals surface area contributed by atoms with Crippen molar-refractivity contribution >= 4 is 16.7 Å². The van der Waals surface area contributed by atoms with Crippen LogP contribution in [0.1, 0.15) is 18.7 Å². The molecule has 0 aromatic carbocycles. The van der Waals surface area contributed by atoms with Crippen molar-refractivity contribution < 1.29 is 17.9 Å². The maximum Gasteiger partial charge on any atom is 0.452 e. The topological polar surface area (TPSA) is 50.3 Å². The van der Waals surface area contributed by atoms with Crippen LogP contribution in [0, 0.1) is 5.92 Å². The summed E-state index contributed by atoms with van der Waals surface area (Å²) in [7, 11) is 1.65. The first kappa shape index (κ1) is 16.4. The Morgan fingerprint density at radius 2 is 2.29 bits per heavy atom. The summed E-state index contributed by atoms with van der Waals surface area (Å²) in [6.07, 6.45) is -2.44. The maximum absolute atomic E-state index is 12.5. The van der Waals surface area contributed by atoms with E-state index in [1.807, 2.05) is 4.90 Å². The van der Waals surface area contributed by atoms with Crippen molar-refractivity contribution in [1.29, 1.82) is 0 Å². The SMILES string of the molecule is COCCNCC1CCCN(c2nc(C(F)(F)F)ns2)C1. The minimum atomic E-state index is -4.47. The van der Waals surface area contributed by atoms with Gasteiger partial charge in [0.05, 0.1) is 6.61 Å². The Hall–Kier alpha value is -0.930. The summed E-state index contributed by atoms with van der Waals surface area (Å²) in [4.78, 5) is 5.52. The molecule has 1 fully saturated rings. The second-order valence-corrected chi connectivity index (χ2v) is 5.78. The number of nitrogens with zero attached hydrogens (tertiary/aromatic N) is 3. The van der Waals surface area contributed by atoms with Crippen molar-refractivity contribution in [2.45, 2.75) is 19.0 Å². The van der Waals surface area contributed by atoms with Gasteiger partial charge in [0.25, 0.3) is 0 Å². The zero-order valence-electron chi connectivity index (χ0n) is 11.8. The van der Waals surface area contributed by atoms with E-state index in [1.165, 1.54) is 0 Å². The van der Waals surface area contributed by atoms with Crippen LogP contribution < -0.4 is 10.2 Å². The number of rotatable bonds is 6. The van der Waals surface area contributed by atoms with E-state index in [0.29, 0.717) is 24.2 Å². The zero-order valence-corrected chi connectivity index (χ0v) is 12.6. The van der Waals surface area contributed by atoms with Crippen molar-refractivity contribution in [1.82, 2.24) is 14.7 Å². The third kappa shape index (κ3) is 4.79. The molecular formula is C12H19F3N4OS. The van der Waals surface area contributed by atoms with Crippen molar-refractivity contribution in [3.63, 3.8) is 0 Å². The molecule has 0 amide bonds. The first-order valence-corrected chi connectivity index (χ1v) is 7.63. The molecule has 0 radical (unpaired) electrons. The van der Waals surface area contributed by atoms with Crippen LogP contribution in [0.4, 0.5) is 18.3 Å². The molecule has 0 bridgehead atoms. The van der Waals surface area contributed by atoms with Gasteiger partial charge in [0.1, 0.15) is 0 Å². The highest BCUT2D eigenvalue weighted by Gasteiger charge is 2.37. The standard InChI is InChI=1S/C12H19F3N4OS/c1-20-6-4-16-7-9-3-2-5-19(8-9)11-17-10(18-21-11)12(13,14)15/h9,16H,2-8H2,1H3. The molecule has 0 aliphatic carbocycles. The fourth-order valence-electron chi connectivity index (χ4n) is 2.34. The van der Waals surface area contributed by atoms with E-state index < -0.39 is 12.0 Å². The lowest BCUT2D eigenvalue weighted by molar-refractivity contribution is -0.144. The van der Waals surface area contributed by atoms with Gasteiger partial charge in [0, 0.05) is 38.3 Å². The van der Waals surface area contributed by atoms with Crippen LogP contribution in [0.3, 0.4) is 0 Å². The molecule has 1 aliphatic heterocycles. The highest BCUT2D eigenvalue weighted by Crippen LogP contribution is 2.31. The number of nitrogens with one attached hydrogen (secondary N) is 1.